The maximum Gasteiger partial charge on any atom is 0.262 e. The number of hydrogen-bond donors (Lipinski definition) is 2. The lowest BCUT2D eigenvalue weighted by Gasteiger charge is -2.23. The Labute approximate surface area is 118 Å². The van der Waals surface area contributed by atoms with Gasteiger partial charge in [0.05, 0.1) is 16.9 Å². The number of nitrogens with two attached hydrogens (primary N) is 1. The summed E-state index contributed by atoms with van der Waals surface area (Å²) in [5.41, 5.74) is 8.32. The molecule has 0 saturated carbocycles. The Morgan fingerprint density at radius 3 is 2.60 bits per heavy atom. The van der Waals surface area contributed by atoms with Crippen molar-refractivity contribution in [2.24, 2.45) is 0 Å². The van der Waals surface area contributed by atoms with Crippen molar-refractivity contribution in [3.63, 3.8) is 0 Å². The lowest BCUT2D eigenvalue weighted by Crippen LogP contribution is -2.31. The Balaban J connectivity index is 2.45. The molecule has 0 unspecified atom stereocenters. The molecule has 0 spiro atoms. The number of phenolic OH excluding ortho intramolecular Hbond substituents is 1. The number of anilines is 2. The predicted molar refractivity (Wildman–Crippen MR) is 81.0 cm³/mol. The van der Waals surface area contributed by atoms with Crippen LogP contribution in [0.2, 0.25) is 0 Å². The van der Waals surface area contributed by atoms with E-state index < -0.39 is 0 Å². The van der Waals surface area contributed by atoms with Gasteiger partial charge in [0.2, 0.25) is 0 Å². The molecule has 20 heavy (non-hydrogen) atoms. The zero-order chi connectivity index (χ0) is 14.7. The third-order valence-corrected chi connectivity index (χ3v) is 3.17. The van der Waals surface area contributed by atoms with E-state index in [1.807, 2.05) is 26.0 Å². The average molecular weight is 270 g/mol. The summed E-state index contributed by atoms with van der Waals surface area (Å²) in [6.07, 6.45) is 0. The molecule has 0 aliphatic rings. The minimum Gasteiger partial charge on any atom is -0.507 e. The summed E-state index contributed by atoms with van der Waals surface area (Å²) in [6.45, 7) is 4.22. The highest BCUT2D eigenvalue weighted by molar-refractivity contribution is 6.09. The number of nitrogen functional groups attached to an aromatic ring is 1. The van der Waals surface area contributed by atoms with E-state index in [0.717, 1.165) is 5.56 Å². The van der Waals surface area contributed by atoms with E-state index in [-0.39, 0.29) is 17.2 Å². The van der Waals surface area contributed by atoms with E-state index in [4.69, 9.17) is 5.73 Å². The Hall–Kier alpha value is -2.49. The van der Waals surface area contributed by atoms with Crippen molar-refractivity contribution >= 4 is 17.3 Å². The lowest BCUT2D eigenvalue weighted by atomic mass is 10.1. The van der Waals surface area contributed by atoms with Crippen molar-refractivity contribution < 1.29 is 9.90 Å². The molecule has 0 bridgehead atoms. The highest BCUT2D eigenvalue weighted by atomic mass is 16.3. The van der Waals surface area contributed by atoms with Crippen molar-refractivity contribution in [3.8, 4) is 5.75 Å². The zero-order valence-electron chi connectivity index (χ0n) is 11.6. The van der Waals surface area contributed by atoms with E-state index >= 15 is 0 Å². The Morgan fingerprint density at radius 1 is 1.25 bits per heavy atom. The number of aryl methyl sites for hydroxylation is 1. The molecule has 4 nitrogen and oxygen atoms in total. The fourth-order valence-corrected chi connectivity index (χ4v) is 2.12. The van der Waals surface area contributed by atoms with Gasteiger partial charge >= 0.3 is 0 Å². The number of carbonyl (C=O) groups is 1. The van der Waals surface area contributed by atoms with Gasteiger partial charge in [-0.25, -0.2) is 0 Å². The zero-order valence-corrected chi connectivity index (χ0v) is 11.6. The topological polar surface area (TPSA) is 66.6 Å². The first-order valence-corrected chi connectivity index (χ1v) is 6.50. The molecule has 0 heterocycles. The van der Waals surface area contributed by atoms with Crippen molar-refractivity contribution in [3.05, 3.63) is 53.6 Å². The molecule has 2 aromatic rings. The third kappa shape index (κ3) is 2.59. The SMILES string of the molecule is CCN(C(=O)c1cc(C)ccc1O)c1ccccc1N. The molecule has 0 fully saturated rings. The summed E-state index contributed by atoms with van der Waals surface area (Å²) < 4.78 is 0. The molecule has 2 aromatic carbocycles. The van der Waals surface area contributed by atoms with E-state index in [1.165, 1.54) is 6.07 Å². The van der Waals surface area contributed by atoms with Gasteiger partial charge < -0.3 is 15.7 Å². The number of benzene rings is 2. The Kier molecular flexibility index (Phi) is 3.94. The van der Waals surface area contributed by atoms with Crippen LogP contribution in [0.1, 0.15) is 22.8 Å². The number of hydrogen-bond acceptors (Lipinski definition) is 3. The average Bonchev–Trinajstić information content (AvgIpc) is 2.44. The van der Waals surface area contributed by atoms with Crippen molar-refractivity contribution in [2.75, 3.05) is 17.2 Å². The normalized spacial score (nSPS) is 10.3. The fraction of sp³-hybridized carbons (Fsp3) is 0.188. The molecule has 0 radical (unpaired) electrons. The predicted octanol–water partition coefficient (Wildman–Crippen LogP) is 2.95. The van der Waals surface area contributed by atoms with Crippen LogP contribution in [0.4, 0.5) is 11.4 Å². The van der Waals surface area contributed by atoms with Crippen LogP contribution < -0.4 is 10.6 Å². The van der Waals surface area contributed by atoms with Gasteiger partial charge in [0.15, 0.2) is 0 Å². The number of amides is 1. The molecule has 0 aliphatic heterocycles. The molecule has 0 aliphatic carbocycles. The summed E-state index contributed by atoms with van der Waals surface area (Å²) in [5.74, 6) is -0.278. The van der Waals surface area contributed by atoms with E-state index in [2.05, 4.69) is 0 Å². The first-order valence-electron chi connectivity index (χ1n) is 6.50. The minimum atomic E-state index is -0.258. The second kappa shape index (κ2) is 5.65. The number of para-hydroxylation sites is 2. The van der Waals surface area contributed by atoms with Gasteiger partial charge in [-0.05, 0) is 38.1 Å². The van der Waals surface area contributed by atoms with Gasteiger partial charge in [-0.1, -0.05) is 23.8 Å². The molecule has 0 atom stereocenters. The first-order chi connectivity index (χ1) is 9.54. The van der Waals surface area contributed by atoms with Gasteiger partial charge in [0.25, 0.3) is 5.91 Å². The summed E-state index contributed by atoms with van der Waals surface area (Å²) in [6, 6.07) is 12.2. The smallest absolute Gasteiger partial charge is 0.262 e. The molecule has 0 saturated heterocycles. The molecule has 1 amide bonds. The Bertz CT molecular complexity index is 638. The number of nitrogens with zero attached hydrogens (tertiary/aromatic N) is 1. The van der Waals surface area contributed by atoms with Crippen LogP contribution in [0.5, 0.6) is 5.75 Å². The summed E-state index contributed by atoms with van der Waals surface area (Å²) in [5, 5.41) is 9.89. The van der Waals surface area contributed by atoms with Gasteiger partial charge in [0, 0.05) is 6.54 Å². The maximum atomic E-state index is 12.6. The Morgan fingerprint density at radius 2 is 1.95 bits per heavy atom. The van der Waals surface area contributed by atoms with Crippen LogP contribution >= 0.6 is 0 Å². The molecular formula is C16H18N2O2. The van der Waals surface area contributed by atoms with Gasteiger partial charge in [-0.3, -0.25) is 4.79 Å². The summed E-state index contributed by atoms with van der Waals surface area (Å²) >= 11 is 0. The van der Waals surface area contributed by atoms with Crippen LogP contribution in [0.3, 0.4) is 0 Å². The third-order valence-electron chi connectivity index (χ3n) is 3.17. The van der Waals surface area contributed by atoms with Crippen molar-refractivity contribution in [2.45, 2.75) is 13.8 Å². The number of rotatable bonds is 3. The van der Waals surface area contributed by atoms with Crippen LogP contribution in [-0.4, -0.2) is 17.6 Å². The molecule has 104 valence electrons. The quantitative estimate of drug-likeness (QED) is 0.843. The van der Waals surface area contributed by atoms with Gasteiger partial charge in [-0.2, -0.15) is 0 Å². The standard InChI is InChI=1S/C16H18N2O2/c1-3-18(14-7-5-4-6-13(14)17)16(20)12-10-11(2)8-9-15(12)19/h4-10,19H,3,17H2,1-2H3. The lowest BCUT2D eigenvalue weighted by molar-refractivity contribution is 0.0985. The van der Waals surface area contributed by atoms with E-state index in [9.17, 15) is 9.90 Å². The molecule has 0 aromatic heterocycles. The maximum absolute atomic E-state index is 12.6. The van der Waals surface area contributed by atoms with Crippen molar-refractivity contribution in [1.29, 1.82) is 0 Å². The van der Waals surface area contributed by atoms with Crippen LogP contribution in [0.15, 0.2) is 42.5 Å². The van der Waals surface area contributed by atoms with Crippen molar-refractivity contribution in [1.82, 2.24) is 0 Å². The first kappa shape index (κ1) is 13.9. The largest absolute Gasteiger partial charge is 0.507 e. The van der Waals surface area contributed by atoms with E-state index in [0.29, 0.717) is 17.9 Å². The highest BCUT2D eigenvalue weighted by Gasteiger charge is 2.20. The summed E-state index contributed by atoms with van der Waals surface area (Å²) in [7, 11) is 0. The number of aromatic hydroxyl groups is 1. The molecule has 4 heteroatoms. The summed E-state index contributed by atoms with van der Waals surface area (Å²) in [4.78, 5) is 14.2. The fourth-order valence-electron chi connectivity index (χ4n) is 2.12. The number of phenols is 1. The monoisotopic (exact) mass is 270 g/mol. The second-order valence-corrected chi connectivity index (χ2v) is 4.63. The number of carbonyl (C=O) groups excluding carboxylic acids is 1. The van der Waals surface area contributed by atoms with Gasteiger partial charge in [0.1, 0.15) is 5.75 Å². The van der Waals surface area contributed by atoms with E-state index in [1.54, 1.807) is 29.2 Å². The van der Waals surface area contributed by atoms with Gasteiger partial charge in [-0.15, -0.1) is 0 Å². The minimum absolute atomic E-state index is 0.0199. The molecule has 2 rings (SSSR count). The highest BCUT2D eigenvalue weighted by Crippen LogP contribution is 2.27. The van der Waals surface area contributed by atoms with Crippen LogP contribution in [0, 0.1) is 6.92 Å². The second-order valence-electron chi connectivity index (χ2n) is 4.63. The molecular weight excluding hydrogens is 252 g/mol. The molecule has 3 N–H and O–H groups in total. The van der Waals surface area contributed by atoms with Crippen LogP contribution in [-0.2, 0) is 0 Å². The van der Waals surface area contributed by atoms with Crippen LogP contribution in [0.25, 0.3) is 0 Å².